The van der Waals surface area contributed by atoms with Crippen molar-refractivity contribution >= 4 is 11.8 Å². The second-order valence-corrected chi connectivity index (χ2v) is 5.20. The van der Waals surface area contributed by atoms with Crippen LogP contribution in [-0.4, -0.2) is 36.9 Å². The largest absolute Gasteiger partial charge is 0.491 e. The molecule has 1 aliphatic heterocycles. The standard InChI is InChI=1S/C17H16N2O4/c1-19-8-9-22-15-10-11(6-7-13(15)17(19)21)23-14-5-3-2-4-12(14)16(18)20/h2-7,10H,8-9H2,1H3,(H2,18,20). The van der Waals surface area contributed by atoms with Crippen LogP contribution in [0.25, 0.3) is 0 Å². The third kappa shape index (κ3) is 2.96. The number of carbonyl (C=O) groups is 2. The van der Waals surface area contributed by atoms with Crippen LogP contribution in [0.3, 0.4) is 0 Å². The molecule has 0 unspecified atom stereocenters. The van der Waals surface area contributed by atoms with Gasteiger partial charge in [0.15, 0.2) is 0 Å². The van der Waals surface area contributed by atoms with Crippen LogP contribution in [0.2, 0.25) is 0 Å². The molecule has 0 aliphatic carbocycles. The number of primary amides is 1. The van der Waals surface area contributed by atoms with Crippen molar-refractivity contribution in [1.29, 1.82) is 0 Å². The van der Waals surface area contributed by atoms with E-state index in [4.69, 9.17) is 15.2 Å². The van der Waals surface area contributed by atoms with E-state index in [0.29, 0.717) is 41.5 Å². The number of para-hydroxylation sites is 1. The summed E-state index contributed by atoms with van der Waals surface area (Å²) in [6.45, 7) is 0.935. The number of nitrogens with two attached hydrogens (primary N) is 1. The van der Waals surface area contributed by atoms with Crippen LogP contribution in [0.15, 0.2) is 42.5 Å². The Hall–Kier alpha value is -3.02. The molecule has 118 valence electrons. The molecular weight excluding hydrogens is 296 g/mol. The molecular formula is C17H16N2O4. The highest BCUT2D eigenvalue weighted by molar-refractivity contribution is 5.97. The topological polar surface area (TPSA) is 81.9 Å². The maximum absolute atomic E-state index is 12.2. The van der Waals surface area contributed by atoms with Crippen molar-refractivity contribution in [3.8, 4) is 17.2 Å². The molecule has 0 fully saturated rings. The molecule has 1 heterocycles. The molecule has 0 bridgehead atoms. The summed E-state index contributed by atoms with van der Waals surface area (Å²) in [6.07, 6.45) is 0. The molecule has 23 heavy (non-hydrogen) atoms. The molecule has 1 aliphatic rings. The predicted molar refractivity (Wildman–Crippen MR) is 83.9 cm³/mol. The highest BCUT2D eigenvalue weighted by Crippen LogP contribution is 2.31. The zero-order valence-electron chi connectivity index (χ0n) is 12.6. The lowest BCUT2D eigenvalue weighted by molar-refractivity contribution is 0.0796. The van der Waals surface area contributed by atoms with Gasteiger partial charge in [0.05, 0.1) is 17.7 Å². The molecule has 6 nitrogen and oxygen atoms in total. The summed E-state index contributed by atoms with van der Waals surface area (Å²) in [7, 11) is 1.73. The lowest BCUT2D eigenvalue weighted by atomic mass is 10.1. The van der Waals surface area contributed by atoms with E-state index in [1.165, 1.54) is 0 Å². The number of likely N-dealkylation sites (N-methyl/N-ethyl adjacent to an activating group) is 1. The van der Waals surface area contributed by atoms with E-state index in [0.717, 1.165) is 0 Å². The quantitative estimate of drug-likeness (QED) is 0.940. The maximum atomic E-state index is 12.2. The molecule has 0 atom stereocenters. The summed E-state index contributed by atoms with van der Waals surface area (Å²) in [5, 5.41) is 0. The molecule has 2 amide bonds. The number of carbonyl (C=O) groups excluding carboxylic acids is 2. The first kappa shape index (κ1) is 14.9. The molecule has 0 spiro atoms. The smallest absolute Gasteiger partial charge is 0.257 e. The number of nitrogens with zero attached hydrogens (tertiary/aromatic N) is 1. The van der Waals surface area contributed by atoms with Crippen molar-refractivity contribution in [3.63, 3.8) is 0 Å². The van der Waals surface area contributed by atoms with Gasteiger partial charge in [0, 0.05) is 13.1 Å². The predicted octanol–water partition coefficient (Wildman–Crippen LogP) is 2.04. The molecule has 6 heteroatoms. The zero-order chi connectivity index (χ0) is 16.4. The van der Waals surface area contributed by atoms with Crippen LogP contribution in [0.1, 0.15) is 20.7 Å². The van der Waals surface area contributed by atoms with Crippen molar-refractivity contribution < 1.29 is 19.1 Å². The Kier molecular flexibility index (Phi) is 3.89. The zero-order valence-corrected chi connectivity index (χ0v) is 12.6. The second kappa shape index (κ2) is 6.00. The van der Waals surface area contributed by atoms with E-state index in [1.54, 1.807) is 54.4 Å². The number of hydrogen-bond acceptors (Lipinski definition) is 4. The van der Waals surface area contributed by atoms with Gasteiger partial charge in [0.1, 0.15) is 23.9 Å². The molecule has 0 saturated carbocycles. The second-order valence-electron chi connectivity index (χ2n) is 5.20. The van der Waals surface area contributed by atoms with E-state index in [9.17, 15) is 9.59 Å². The SMILES string of the molecule is CN1CCOc2cc(Oc3ccccc3C(N)=O)ccc2C1=O. The Bertz CT molecular complexity index is 773. The van der Waals surface area contributed by atoms with E-state index in [1.807, 2.05) is 0 Å². The number of rotatable bonds is 3. The minimum Gasteiger partial charge on any atom is -0.491 e. The van der Waals surface area contributed by atoms with Crippen molar-refractivity contribution in [2.24, 2.45) is 5.73 Å². The highest BCUT2D eigenvalue weighted by Gasteiger charge is 2.21. The molecule has 2 aromatic rings. The first-order valence-electron chi connectivity index (χ1n) is 7.15. The Morgan fingerprint density at radius 1 is 1.26 bits per heavy atom. The Balaban J connectivity index is 1.93. The van der Waals surface area contributed by atoms with Gasteiger partial charge in [-0.2, -0.15) is 0 Å². The monoisotopic (exact) mass is 312 g/mol. The number of benzene rings is 2. The van der Waals surface area contributed by atoms with Crippen LogP contribution in [0.4, 0.5) is 0 Å². The van der Waals surface area contributed by atoms with Crippen molar-refractivity contribution in [2.75, 3.05) is 20.2 Å². The van der Waals surface area contributed by atoms with Crippen LogP contribution < -0.4 is 15.2 Å². The van der Waals surface area contributed by atoms with Gasteiger partial charge in [-0.3, -0.25) is 9.59 Å². The Morgan fingerprint density at radius 2 is 2.04 bits per heavy atom. The highest BCUT2D eigenvalue weighted by atomic mass is 16.5. The summed E-state index contributed by atoms with van der Waals surface area (Å²) in [5.41, 5.74) is 6.12. The van der Waals surface area contributed by atoms with Crippen LogP contribution in [-0.2, 0) is 0 Å². The van der Waals surface area contributed by atoms with Gasteiger partial charge in [-0.25, -0.2) is 0 Å². The van der Waals surface area contributed by atoms with Gasteiger partial charge in [-0.1, -0.05) is 12.1 Å². The lowest BCUT2D eigenvalue weighted by Crippen LogP contribution is -2.27. The van der Waals surface area contributed by atoms with Gasteiger partial charge in [-0.05, 0) is 24.3 Å². The number of amides is 2. The van der Waals surface area contributed by atoms with Gasteiger partial charge in [0.2, 0.25) is 0 Å². The first-order chi connectivity index (χ1) is 11.1. The van der Waals surface area contributed by atoms with E-state index in [2.05, 4.69) is 0 Å². The van der Waals surface area contributed by atoms with Gasteiger partial charge in [-0.15, -0.1) is 0 Å². The Morgan fingerprint density at radius 3 is 2.83 bits per heavy atom. The van der Waals surface area contributed by atoms with Gasteiger partial charge < -0.3 is 20.1 Å². The minimum absolute atomic E-state index is 0.0958. The Labute approximate surface area is 133 Å². The molecule has 0 saturated heterocycles. The van der Waals surface area contributed by atoms with E-state index < -0.39 is 5.91 Å². The third-order valence-corrected chi connectivity index (χ3v) is 3.59. The average Bonchev–Trinajstić information content (AvgIpc) is 2.67. The van der Waals surface area contributed by atoms with Gasteiger partial charge in [0.25, 0.3) is 11.8 Å². The van der Waals surface area contributed by atoms with E-state index in [-0.39, 0.29) is 5.91 Å². The van der Waals surface area contributed by atoms with Crippen LogP contribution in [0.5, 0.6) is 17.2 Å². The minimum atomic E-state index is -0.566. The number of ether oxygens (including phenoxy) is 2. The molecule has 2 N–H and O–H groups in total. The normalized spacial score (nSPS) is 13.8. The first-order valence-corrected chi connectivity index (χ1v) is 7.15. The van der Waals surface area contributed by atoms with Gasteiger partial charge >= 0.3 is 0 Å². The lowest BCUT2D eigenvalue weighted by Gasteiger charge is -2.13. The molecule has 3 rings (SSSR count). The van der Waals surface area contributed by atoms with Crippen LogP contribution in [0, 0.1) is 0 Å². The maximum Gasteiger partial charge on any atom is 0.257 e. The fraction of sp³-hybridized carbons (Fsp3) is 0.176. The molecule has 2 aromatic carbocycles. The van der Waals surface area contributed by atoms with E-state index >= 15 is 0 Å². The summed E-state index contributed by atoms with van der Waals surface area (Å²) in [5.74, 6) is 0.630. The fourth-order valence-electron chi connectivity index (χ4n) is 2.35. The fourth-order valence-corrected chi connectivity index (χ4v) is 2.35. The summed E-state index contributed by atoms with van der Waals surface area (Å²) < 4.78 is 11.3. The van der Waals surface area contributed by atoms with Crippen molar-refractivity contribution in [2.45, 2.75) is 0 Å². The number of hydrogen-bond donors (Lipinski definition) is 1. The van der Waals surface area contributed by atoms with Crippen LogP contribution >= 0.6 is 0 Å². The number of fused-ring (bicyclic) bond motifs is 1. The molecule has 0 radical (unpaired) electrons. The van der Waals surface area contributed by atoms with Crippen molar-refractivity contribution in [3.05, 3.63) is 53.6 Å². The summed E-state index contributed by atoms with van der Waals surface area (Å²) in [4.78, 5) is 25.2. The summed E-state index contributed by atoms with van der Waals surface area (Å²) in [6, 6.07) is 11.7. The summed E-state index contributed by atoms with van der Waals surface area (Å²) >= 11 is 0. The van der Waals surface area contributed by atoms with Crippen molar-refractivity contribution in [1.82, 2.24) is 4.90 Å². The third-order valence-electron chi connectivity index (χ3n) is 3.59. The molecule has 0 aromatic heterocycles. The average molecular weight is 312 g/mol.